The van der Waals surface area contributed by atoms with E-state index in [4.69, 9.17) is 0 Å². The third kappa shape index (κ3) is 7.34. The van der Waals surface area contributed by atoms with Gasteiger partial charge in [0, 0.05) is 5.54 Å². The minimum Gasteiger partial charge on any atom is -0.312 e. The highest BCUT2D eigenvalue weighted by molar-refractivity contribution is 4.78. The first-order valence-electron chi connectivity index (χ1n) is 7.49. The van der Waals surface area contributed by atoms with Gasteiger partial charge in [0.05, 0.1) is 0 Å². The predicted molar refractivity (Wildman–Crippen MR) is 80.1 cm³/mol. The fraction of sp³-hybridized carbons (Fsp3) is 1.00. The molecular formula is C15H33N3. The first kappa shape index (κ1) is 15.9. The molecule has 0 aromatic carbocycles. The SMILES string of the molecule is CN(C)CCCN1CCC(CNC(C)(C)C)CC1. The average molecular weight is 255 g/mol. The van der Waals surface area contributed by atoms with E-state index >= 15 is 0 Å². The molecule has 0 spiro atoms. The van der Waals surface area contributed by atoms with Crippen LogP contribution in [0.4, 0.5) is 0 Å². The van der Waals surface area contributed by atoms with Crippen LogP contribution in [0.15, 0.2) is 0 Å². The van der Waals surface area contributed by atoms with Gasteiger partial charge in [0.1, 0.15) is 0 Å². The maximum atomic E-state index is 3.64. The van der Waals surface area contributed by atoms with Crippen molar-refractivity contribution in [3.63, 3.8) is 0 Å². The van der Waals surface area contributed by atoms with Crippen LogP contribution in [0, 0.1) is 5.92 Å². The van der Waals surface area contributed by atoms with E-state index in [0.29, 0.717) is 0 Å². The van der Waals surface area contributed by atoms with Crippen molar-refractivity contribution in [2.75, 3.05) is 46.8 Å². The van der Waals surface area contributed by atoms with Gasteiger partial charge >= 0.3 is 0 Å². The normalized spacial score (nSPS) is 19.7. The molecule has 0 atom stereocenters. The summed E-state index contributed by atoms with van der Waals surface area (Å²) in [6, 6.07) is 0. The second-order valence-corrected chi connectivity index (χ2v) is 7.07. The highest BCUT2D eigenvalue weighted by Gasteiger charge is 2.20. The Hall–Kier alpha value is -0.120. The summed E-state index contributed by atoms with van der Waals surface area (Å²) >= 11 is 0. The molecule has 3 heteroatoms. The van der Waals surface area contributed by atoms with Gasteiger partial charge in [-0.05, 0) is 92.8 Å². The zero-order chi connectivity index (χ0) is 13.6. The first-order valence-corrected chi connectivity index (χ1v) is 7.49. The lowest BCUT2D eigenvalue weighted by Crippen LogP contribution is -2.43. The van der Waals surface area contributed by atoms with E-state index in [-0.39, 0.29) is 5.54 Å². The van der Waals surface area contributed by atoms with Crippen LogP contribution >= 0.6 is 0 Å². The summed E-state index contributed by atoms with van der Waals surface area (Å²) in [5.41, 5.74) is 0.267. The van der Waals surface area contributed by atoms with Crippen molar-refractivity contribution in [2.45, 2.75) is 45.6 Å². The molecule has 0 unspecified atom stereocenters. The van der Waals surface area contributed by atoms with Crippen LogP contribution in [0.5, 0.6) is 0 Å². The Bertz CT molecular complexity index is 212. The van der Waals surface area contributed by atoms with Crippen molar-refractivity contribution in [3.05, 3.63) is 0 Å². The Morgan fingerprint density at radius 3 is 2.28 bits per heavy atom. The Morgan fingerprint density at radius 2 is 1.78 bits per heavy atom. The molecule has 1 N–H and O–H groups in total. The van der Waals surface area contributed by atoms with Crippen molar-refractivity contribution in [1.29, 1.82) is 0 Å². The maximum absolute atomic E-state index is 3.64. The molecule has 1 heterocycles. The van der Waals surface area contributed by atoms with E-state index in [9.17, 15) is 0 Å². The second-order valence-electron chi connectivity index (χ2n) is 7.07. The van der Waals surface area contributed by atoms with E-state index in [2.05, 4.69) is 50.0 Å². The molecule has 0 aliphatic carbocycles. The number of piperidine rings is 1. The van der Waals surface area contributed by atoms with Crippen molar-refractivity contribution < 1.29 is 0 Å². The third-order valence-corrected chi connectivity index (χ3v) is 3.71. The number of rotatable bonds is 6. The molecule has 1 rings (SSSR count). The zero-order valence-electron chi connectivity index (χ0n) is 13.1. The monoisotopic (exact) mass is 255 g/mol. The van der Waals surface area contributed by atoms with Crippen LogP contribution in [-0.2, 0) is 0 Å². The number of hydrogen-bond donors (Lipinski definition) is 1. The molecule has 1 aliphatic heterocycles. The molecule has 0 saturated carbocycles. The molecule has 1 fully saturated rings. The fourth-order valence-corrected chi connectivity index (χ4v) is 2.48. The second kappa shape index (κ2) is 7.46. The largest absolute Gasteiger partial charge is 0.312 e. The topological polar surface area (TPSA) is 18.5 Å². The van der Waals surface area contributed by atoms with Crippen LogP contribution in [-0.4, -0.2) is 62.2 Å². The van der Waals surface area contributed by atoms with E-state index in [1.54, 1.807) is 0 Å². The molecule has 18 heavy (non-hydrogen) atoms. The van der Waals surface area contributed by atoms with Gasteiger partial charge in [-0.3, -0.25) is 0 Å². The van der Waals surface area contributed by atoms with E-state index in [0.717, 1.165) is 5.92 Å². The summed E-state index contributed by atoms with van der Waals surface area (Å²) in [6.07, 6.45) is 4.04. The lowest BCUT2D eigenvalue weighted by atomic mass is 9.95. The molecule has 108 valence electrons. The van der Waals surface area contributed by atoms with Gasteiger partial charge in [-0.2, -0.15) is 0 Å². The average Bonchev–Trinajstić information content (AvgIpc) is 2.26. The molecular weight excluding hydrogens is 222 g/mol. The standard InChI is InChI=1S/C15H33N3/c1-15(2,3)16-13-14-7-11-18(12-8-14)10-6-9-17(4)5/h14,16H,6-13H2,1-5H3. The van der Waals surface area contributed by atoms with Crippen LogP contribution in [0.1, 0.15) is 40.0 Å². The Balaban J connectivity index is 2.09. The number of hydrogen-bond acceptors (Lipinski definition) is 3. The summed E-state index contributed by atoms with van der Waals surface area (Å²) in [5.74, 6) is 0.884. The minimum absolute atomic E-state index is 0.267. The number of likely N-dealkylation sites (tertiary alicyclic amines) is 1. The van der Waals surface area contributed by atoms with E-state index in [1.807, 2.05) is 0 Å². The molecule has 0 amide bonds. The van der Waals surface area contributed by atoms with Crippen molar-refractivity contribution in [1.82, 2.24) is 15.1 Å². The highest BCUT2D eigenvalue weighted by atomic mass is 15.1. The van der Waals surface area contributed by atoms with Gasteiger partial charge in [0.15, 0.2) is 0 Å². The van der Waals surface area contributed by atoms with Gasteiger partial charge in [-0.15, -0.1) is 0 Å². The minimum atomic E-state index is 0.267. The van der Waals surface area contributed by atoms with Crippen LogP contribution < -0.4 is 5.32 Å². The molecule has 0 radical (unpaired) electrons. The van der Waals surface area contributed by atoms with E-state index in [1.165, 1.54) is 52.0 Å². The fourth-order valence-electron chi connectivity index (χ4n) is 2.48. The summed E-state index contributed by atoms with van der Waals surface area (Å²) in [5, 5.41) is 3.64. The Morgan fingerprint density at radius 1 is 1.17 bits per heavy atom. The summed E-state index contributed by atoms with van der Waals surface area (Å²) in [4.78, 5) is 4.91. The summed E-state index contributed by atoms with van der Waals surface area (Å²) < 4.78 is 0. The van der Waals surface area contributed by atoms with Crippen LogP contribution in [0.2, 0.25) is 0 Å². The lowest BCUT2D eigenvalue weighted by molar-refractivity contribution is 0.171. The molecule has 0 bridgehead atoms. The summed E-state index contributed by atoms with van der Waals surface area (Å²) in [6.45, 7) is 13.0. The Kier molecular flexibility index (Phi) is 6.61. The zero-order valence-corrected chi connectivity index (χ0v) is 13.1. The van der Waals surface area contributed by atoms with Crippen LogP contribution in [0.25, 0.3) is 0 Å². The first-order chi connectivity index (χ1) is 8.37. The lowest BCUT2D eigenvalue weighted by Gasteiger charge is -2.34. The molecule has 1 aliphatic rings. The van der Waals surface area contributed by atoms with Crippen molar-refractivity contribution in [3.8, 4) is 0 Å². The molecule has 0 aromatic rings. The van der Waals surface area contributed by atoms with Gasteiger partial charge in [-0.25, -0.2) is 0 Å². The summed E-state index contributed by atoms with van der Waals surface area (Å²) in [7, 11) is 4.31. The predicted octanol–water partition coefficient (Wildman–Crippen LogP) is 2.04. The molecule has 0 aromatic heterocycles. The third-order valence-electron chi connectivity index (χ3n) is 3.71. The van der Waals surface area contributed by atoms with Gasteiger partial charge in [-0.1, -0.05) is 0 Å². The van der Waals surface area contributed by atoms with Crippen molar-refractivity contribution >= 4 is 0 Å². The van der Waals surface area contributed by atoms with Gasteiger partial charge < -0.3 is 15.1 Å². The van der Waals surface area contributed by atoms with E-state index < -0.39 is 0 Å². The van der Waals surface area contributed by atoms with Crippen LogP contribution in [0.3, 0.4) is 0 Å². The maximum Gasteiger partial charge on any atom is 0.00966 e. The van der Waals surface area contributed by atoms with Gasteiger partial charge in [0.2, 0.25) is 0 Å². The van der Waals surface area contributed by atoms with Gasteiger partial charge in [0.25, 0.3) is 0 Å². The Labute approximate surface area is 114 Å². The quantitative estimate of drug-likeness (QED) is 0.783. The smallest absolute Gasteiger partial charge is 0.00966 e. The number of nitrogens with one attached hydrogen (secondary N) is 1. The molecule has 1 saturated heterocycles. The molecule has 3 nitrogen and oxygen atoms in total. The number of nitrogens with zero attached hydrogens (tertiary/aromatic N) is 2. The van der Waals surface area contributed by atoms with Crippen molar-refractivity contribution in [2.24, 2.45) is 5.92 Å². The highest BCUT2D eigenvalue weighted by Crippen LogP contribution is 2.17.